The number of carbonyl (C=O) groups is 4. The first-order valence-corrected chi connectivity index (χ1v) is 7.01. The van der Waals surface area contributed by atoms with Crippen molar-refractivity contribution >= 4 is 29.4 Å². The molecule has 1 aromatic carbocycles. The molecule has 0 fully saturated rings. The summed E-state index contributed by atoms with van der Waals surface area (Å²) in [6.45, 7) is 0.515. The second-order valence-corrected chi connectivity index (χ2v) is 4.76. The fraction of sp³-hybridized carbons (Fsp3) is 0.333. The molecule has 9 heteroatoms. The highest BCUT2D eigenvalue weighted by Crippen LogP contribution is 2.10. The molecule has 0 bridgehead atoms. The molecule has 24 heavy (non-hydrogen) atoms. The van der Waals surface area contributed by atoms with Crippen molar-refractivity contribution in [2.75, 3.05) is 25.1 Å². The number of anilines is 1. The molecule has 0 aromatic heterocycles. The molecular weight excluding hydrogens is 318 g/mol. The highest BCUT2D eigenvalue weighted by atomic mass is 16.5. The zero-order valence-electron chi connectivity index (χ0n) is 13.2. The van der Waals surface area contributed by atoms with Crippen LogP contribution in [0.15, 0.2) is 24.3 Å². The van der Waals surface area contributed by atoms with E-state index >= 15 is 0 Å². The maximum atomic E-state index is 11.7. The van der Waals surface area contributed by atoms with Crippen LogP contribution in [-0.4, -0.2) is 43.4 Å². The van der Waals surface area contributed by atoms with Crippen LogP contribution in [0.2, 0.25) is 0 Å². The molecule has 0 aliphatic rings. The number of esters is 1. The highest BCUT2D eigenvalue weighted by Gasteiger charge is 2.07. The summed E-state index contributed by atoms with van der Waals surface area (Å²) in [6.07, 6.45) is 0. The second kappa shape index (κ2) is 9.95. The predicted octanol–water partition coefficient (Wildman–Crippen LogP) is -0.694. The number of hydrogen-bond donors (Lipinski definition) is 3. The molecule has 1 aromatic rings. The lowest BCUT2D eigenvalue weighted by atomic mass is 10.2. The number of ether oxygens (including phenoxy) is 2. The lowest BCUT2D eigenvalue weighted by Crippen LogP contribution is -2.35. The second-order valence-electron chi connectivity index (χ2n) is 4.76. The number of carbonyl (C=O) groups excluding carboxylic acids is 4. The summed E-state index contributed by atoms with van der Waals surface area (Å²) >= 11 is 0. The van der Waals surface area contributed by atoms with Gasteiger partial charge in [-0.2, -0.15) is 0 Å². The first kappa shape index (κ1) is 19.1. The van der Waals surface area contributed by atoms with Gasteiger partial charge in [-0.15, -0.1) is 0 Å². The molecule has 0 radical (unpaired) electrons. The van der Waals surface area contributed by atoms with Gasteiger partial charge in [-0.25, -0.2) is 0 Å². The lowest BCUT2D eigenvalue weighted by molar-refractivity contribution is -0.142. The van der Waals surface area contributed by atoms with Gasteiger partial charge in [0, 0.05) is 12.6 Å². The average molecular weight is 337 g/mol. The summed E-state index contributed by atoms with van der Waals surface area (Å²) in [4.78, 5) is 44.2. The minimum Gasteiger partial charge on any atom is -0.461 e. The molecule has 1 rings (SSSR count). The number of nitrogens with one attached hydrogen (secondary N) is 2. The Labute approximate surface area is 138 Å². The summed E-state index contributed by atoms with van der Waals surface area (Å²) in [5.41, 5.74) is 6.16. The van der Waals surface area contributed by atoms with Crippen LogP contribution in [0, 0.1) is 0 Å². The van der Waals surface area contributed by atoms with Gasteiger partial charge in [0.2, 0.25) is 17.7 Å². The molecule has 0 spiro atoms. The van der Waals surface area contributed by atoms with Crippen molar-refractivity contribution in [3.05, 3.63) is 29.8 Å². The van der Waals surface area contributed by atoms with E-state index in [1.165, 1.54) is 6.92 Å². The van der Waals surface area contributed by atoms with Crippen LogP contribution in [0.25, 0.3) is 0 Å². The van der Waals surface area contributed by atoms with Gasteiger partial charge >= 0.3 is 5.97 Å². The normalized spacial score (nSPS) is 9.88. The van der Waals surface area contributed by atoms with E-state index in [1.807, 2.05) is 0 Å². The number of primary amides is 1. The maximum absolute atomic E-state index is 11.7. The average Bonchev–Trinajstić information content (AvgIpc) is 2.52. The van der Waals surface area contributed by atoms with Crippen molar-refractivity contribution in [1.29, 1.82) is 0 Å². The quantitative estimate of drug-likeness (QED) is 0.510. The third-order valence-electron chi connectivity index (χ3n) is 2.60. The van der Waals surface area contributed by atoms with E-state index in [0.717, 1.165) is 5.56 Å². The smallest absolute Gasteiger partial charge is 0.302 e. The van der Waals surface area contributed by atoms with Crippen LogP contribution in [0.4, 0.5) is 5.69 Å². The molecule has 0 aliphatic carbocycles. The molecular formula is C15H19N3O6. The van der Waals surface area contributed by atoms with Gasteiger partial charge in [0.15, 0.2) is 0 Å². The number of hydrogen-bond acceptors (Lipinski definition) is 6. The molecule has 9 nitrogen and oxygen atoms in total. The number of benzene rings is 1. The van der Waals surface area contributed by atoms with Crippen LogP contribution in [0.1, 0.15) is 12.5 Å². The minimum atomic E-state index is -0.683. The minimum absolute atomic E-state index is 0.158. The summed E-state index contributed by atoms with van der Waals surface area (Å²) in [7, 11) is 0. The summed E-state index contributed by atoms with van der Waals surface area (Å²) < 4.78 is 9.55. The Morgan fingerprint density at radius 2 is 1.71 bits per heavy atom. The molecule has 4 N–H and O–H groups in total. The van der Waals surface area contributed by atoms with Crippen LogP contribution >= 0.6 is 0 Å². The van der Waals surface area contributed by atoms with Crippen LogP contribution < -0.4 is 16.4 Å². The van der Waals surface area contributed by atoms with Crippen molar-refractivity contribution in [2.24, 2.45) is 5.73 Å². The topological polar surface area (TPSA) is 137 Å². The standard InChI is InChI=1S/C15H19N3O6/c1-10(19)24-7-11-2-4-12(5-3-11)18-14(21)6-17-15(22)9-23-8-13(16)20/h2-5H,6-9H2,1H3,(H2,16,20)(H,17,22)(H,18,21). The highest BCUT2D eigenvalue weighted by molar-refractivity contribution is 5.94. The third kappa shape index (κ3) is 8.49. The van der Waals surface area contributed by atoms with Gasteiger partial charge in [0.25, 0.3) is 0 Å². The van der Waals surface area contributed by atoms with Gasteiger partial charge in [0.1, 0.15) is 19.8 Å². The molecule has 3 amide bonds. The zero-order chi connectivity index (χ0) is 17.9. The summed E-state index contributed by atoms with van der Waals surface area (Å²) in [5.74, 6) is -2.02. The van der Waals surface area contributed by atoms with E-state index in [0.29, 0.717) is 5.69 Å². The molecule has 0 unspecified atom stereocenters. The van der Waals surface area contributed by atoms with E-state index in [1.54, 1.807) is 24.3 Å². The first-order chi connectivity index (χ1) is 11.4. The predicted molar refractivity (Wildman–Crippen MR) is 83.6 cm³/mol. The number of rotatable bonds is 9. The summed E-state index contributed by atoms with van der Waals surface area (Å²) in [6, 6.07) is 6.70. The largest absolute Gasteiger partial charge is 0.461 e. The van der Waals surface area contributed by atoms with Crippen LogP contribution in [-0.2, 0) is 35.3 Å². The van der Waals surface area contributed by atoms with Crippen molar-refractivity contribution < 1.29 is 28.7 Å². The fourth-order valence-electron chi connectivity index (χ4n) is 1.55. The number of nitrogens with two attached hydrogens (primary N) is 1. The third-order valence-corrected chi connectivity index (χ3v) is 2.60. The van der Waals surface area contributed by atoms with E-state index in [4.69, 9.17) is 15.2 Å². The Morgan fingerprint density at radius 1 is 1.04 bits per heavy atom. The van der Waals surface area contributed by atoms with E-state index in [2.05, 4.69) is 10.6 Å². The van der Waals surface area contributed by atoms with Gasteiger partial charge in [-0.05, 0) is 17.7 Å². The van der Waals surface area contributed by atoms with Gasteiger partial charge in [-0.3, -0.25) is 19.2 Å². The maximum Gasteiger partial charge on any atom is 0.302 e. The van der Waals surface area contributed by atoms with Crippen molar-refractivity contribution in [3.8, 4) is 0 Å². The van der Waals surface area contributed by atoms with E-state index in [-0.39, 0.29) is 32.3 Å². The van der Waals surface area contributed by atoms with Gasteiger partial charge < -0.3 is 25.8 Å². The Balaban J connectivity index is 2.30. The van der Waals surface area contributed by atoms with Crippen LogP contribution in [0.5, 0.6) is 0 Å². The molecule has 0 saturated carbocycles. The molecule has 130 valence electrons. The van der Waals surface area contributed by atoms with Gasteiger partial charge in [-0.1, -0.05) is 12.1 Å². The Morgan fingerprint density at radius 3 is 2.29 bits per heavy atom. The van der Waals surface area contributed by atoms with Crippen molar-refractivity contribution in [3.63, 3.8) is 0 Å². The SMILES string of the molecule is CC(=O)OCc1ccc(NC(=O)CNC(=O)COCC(N)=O)cc1. The summed E-state index contributed by atoms with van der Waals surface area (Å²) in [5, 5.41) is 4.92. The number of amides is 3. The van der Waals surface area contributed by atoms with E-state index in [9.17, 15) is 19.2 Å². The Hall–Kier alpha value is -2.94. The van der Waals surface area contributed by atoms with Gasteiger partial charge in [0.05, 0.1) is 6.54 Å². The molecule has 0 saturated heterocycles. The Bertz CT molecular complexity index is 600. The molecule has 0 aliphatic heterocycles. The Kier molecular flexibility index (Phi) is 7.92. The monoisotopic (exact) mass is 337 g/mol. The van der Waals surface area contributed by atoms with E-state index < -0.39 is 17.7 Å². The zero-order valence-corrected chi connectivity index (χ0v) is 13.2. The molecule has 0 atom stereocenters. The fourth-order valence-corrected chi connectivity index (χ4v) is 1.55. The van der Waals surface area contributed by atoms with Crippen molar-refractivity contribution in [2.45, 2.75) is 13.5 Å². The lowest BCUT2D eigenvalue weighted by Gasteiger charge is -2.08. The first-order valence-electron chi connectivity index (χ1n) is 7.01. The molecule has 0 heterocycles. The van der Waals surface area contributed by atoms with Crippen molar-refractivity contribution in [1.82, 2.24) is 5.32 Å². The van der Waals surface area contributed by atoms with Crippen LogP contribution in [0.3, 0.4) is 0 Å².